The third-order valence-electron chi connectivity index (χ3n) is 5.45. The molecule has 0 saturated carbocycles. The summed E-state index contributed by atoms with van der Waals surface area (Å²) in [6, 6.07) is 22.7. The van der Waals surface area contributed by atoms with Crippen molar-refractivity contribution in [2.24, 2.45) is 0 Å². The maximum absolute atomic E-state index is 13.0. The lowest BCUT2D eigenvalue weighted by atomic mass is 10.00. The Kier molecular flexibility index (Phi) is 6.37. The van der Waals surface area contributed by atoms with Crippen LogP contribution in [-0.2, 0) is 21.1 Å². The van der Waals surface area contributed by atoms with Gasteiger partial charge in [0.1, 0.15) is 0 Å². The highest BCUT2D eigenvalue weighted by molar-refractivity contribution is 7.91. The maximum atomic E-state index is 13.0. The van der Waals surface area contributed by atoms with E-state index in [2.05, 4.69) is 5.32 Å². The van der Waals surface area contributed by atoms with Crippen LogP contribution >= 0.6 is 0 Å². The number of carbonyl (C=O) groups excluding carboxylic acids is 2. The van der Waals surface area contributed by atoms with E-state index in [4.69, 9.17) is 0 Å². The van der Waals surface area contributed by atoms with Gasteiger partial charge in [-0.2, -0.15) is 0 Å². The number of nitrogens with one attached hydrogen (secondary N) is 1. The molecule has 1 aliphatic heterocycles. The monoisotopic (exact) mass is 448 g/mol. The minimum atomic E-state index is -3.53. The van der Waals surface area contributed by atoms with Crippen LogP contribution in [0.4, 0.5) is 11.4 Å². The molecule has 32 heavy (non-hydrogen) atoms. The van der Waals surface area contributed by atoms with Crippen molar-refractivity contribution >= 4 is 33.0 Å². The average Bonchev–Trinajstić information content (AvgIpc) is 2.83. The largest absolute Gasteiger partial charge is 0.326 e. The molecule has 0 spiro atoms. The van der Waals surface area contributed by atoms with Crippen molar-refractivity contribution in [3.63, 3.8) is 0 Å². The first-order valence-electron chi connectivity index (χ1n) is 10.5. The number of rotatable bonds is 6. The molecule has 0 atom stereocenters. The quantitative estimate of drug-likeness (QED) is 0.616. The number of hydrogen-bond donors (Lipinski definition) is 1. The van der Waals surface area contributed by atoms with E-state index < -0.39 is 9.84 Å². The number of amides is 2. The number of hydrogen-bond acceptors (Lipinski definition) is 4. The van der Waals surface area contributed by atoms with E-state index in [9.17, 15) is 18.0 Å². The van der Waals surface area contributed by atoms with Gasteiger partial charge in [0.2, 0.25) is 5.91 Å². The second-order valence-corrected chi connectivity index (χ2v) is 9.81. The zero-order chi connectivity index (χ0) is 22.6. The van der Waals surface area contributed by atoms with Gasteiger partial charge in [0.15, 0.2) is 9.84 Å². The molecule has 0 radical (unpaired) electrons. The standard InChI is InChI=1S/C25H24N2O4S/c28-24(15-17-32(30,31)22-11-5-2-6-12-22)26-21-14-13-19-10-7-16-27(23(19)18-21)25(29)20-8-3-1-4-9-20/h1-6,8-9,11-14,18H,7,10,15-17H2,(H,26,28). The number of anilines is 2. The summed E-state index contributed by atoms with van der Waals surface area (Å²) in [5, 5.41) is 2.77. The molecule has 0 aliphatic carbocycles. The van der Waals surface area contributed by atoms with Crippen molar-refractivity contribution in [1.29, 1.82) is 0 Å². The zero-order valence-corrected chi connectivity index (χ0v) is 18.3. The van der Waals surface area contributed by atoms with Gasteiger partial charge in [0.25, 0.3) is 5.91 Å². The van der Waals surface area contributed by atoms with Gasteiger partial charge in [-0.05, 0) is 54.8 Å². The molecular formula is C25H24N2O4S. The molecule has 0 unspecified atom stereocenters. The van der Waals surface area contributed by atoms with Gasteiger partial charge in [-0.1, -0.05) is 42.5 Å². The Bertz CT molecular complexity index is 1230. The summed E-state index contributed by atoms with van der Waals surface area (Å²) < 4.78 is 24.8. The minimum absolute atomic E-state index is 0.0796. The van der Waals surface area contributed by atoms with Gasteiger partial charge >= 0.3 is 0 Å². The summed E-state index contributed by atoms with van der Waals surface area (Å²) >= 11 is 0. The summed E-state index contributed by atoms with van der Waals surface area (Å²) in [6.07, 6.45) is 1.58. The second kappa shape index (κ2) is 9.36. The Morgan fingerprint density at radius 2 is 1.59 bits per heavy atom. The van der Waals surface area contributed by atoms with Crippen molar-refractivity contribution in [3.8, 4) is 0 Å². The normalized spacial score (nSPS) is 13.3. The van der Waals surface area contributed by atoms with Crippen molar-refractivity contribution in [2.75, 3.05) is 22.5 Å². The van der Waals surface area contributed by atoms with Crippen molar-refractivity contribution in [3.05, 3.63) is 90.0 Å². The van der Waals surface area contributed by atoms with Crippen LogP contribution in [-0.4, -0.2) is 32.5 Å². The molecule has 6 nitrogen and oxygen atoms in total. The van der Waals surface area contributed by atoms with Crippen LogP contribution in [0, 0.1) is 0 Å². The molecule has 3 aromatic carbocycles. The Balaban J connectivity index is 1.46. The predicted molar refractivity (Wildman–Crippen MR) is 125 cm³/mol. The molecule has 0 bridgehead atoms. The first kappa shape index (κ1) is 21.8. The van der Waals surface area contributed by atoms with Gasteiger partial charge in [0, 0.05) is 29.9 Å². The SMILES string of the molecule is O=C(CCS(=O)(=O)c1ccccc1)Nc1ccc2c(c1)N(C(=O)c1ccccc1)CCC2. The van der Waals surface area contributed by atoms with Gasteiger partial charge in [-0.3, -0.25) is 9.59 Å². The van der Waals surface area contributed by atoms with E-state index >= 15 is 0 Å². The third-order valence-corrected chi connectivity index (χ3v) is 7.19. The van der Waals surface area contributed by atoms with Gasteiger partial charge in [-0.15, -0.1) is 0 Å². The Morgan fingerprint density at radius 3 is 2.31 bits per heavy atom. The van der Waals surface area contributed by atoms with E-state index in [-0.39, 0.29) is 28.9 Å². The van der Waals surface area contributed by atoms with Crippen LogP contribution in [0.2, 0.25) is 0 Å². The smallest absolute Gasteiger partial charge is 0.258 e. The molecule has 2 amide bonds. The molecule has 1 aliphatic rings. The number of sulfone groups is 1. The van der Waals surface area contributed by atoms with Gasteiger partial charge in [-0.25, -0.2) is 8.42 Å². The Morgan fingerprint density at radius 1 is 0.906 bits per heavy atom. The molecule has 1 heterocycles. The van der Waals surface area contributed by atoms with Crippen molar-refractivity contribution < 1.29 is 18.0 Å². The first-order valence-corrected chi connectivity index (χ1v) is 12.2. The van der Waals surface area contributed by atoms with Gasteiger partial charge in [0.05, 0.1) is 10.6 Å². The molecule has 1 N–H and O–H groups in total. The second-order valence-electron chi connectivity index (χ2n) is 7.70. The van der Waals surface area contributed by atoms with E-state index in [1.165, 1.54) is 12.1 Å². The Hall–Kier alpha value is -3.45. The summed E-state index contributed by atoms with van der Waals surface area (Å²) in [7, 11) is -3.53. The van der Waals surface area contributed by atoms with E-state index in [1.807, 2.05) is 24.3 Å². The number of benzene rings is 3. The number of nitrogens with zero attached hydrogens (tertiary/aromatic N) is 1. The highest BCUT2D eigenvalue weighted by Gasteiger charge is 2.24. The van der Waals surface area contributed by atoms with Crippen LogP contribution in [0.25, 0.3) is 0 Å². The predicted octanol–water partition coefficient (Wildman–Crippen LogP) is 4.08. The molecule has 0 aromatic heterocycles. The van der Waals surface area contributed by atoms with Crippen LogP contribution in [0.5, 0.6) is 0 Å². The van der Waals surface area contributed by atoms with E-state index in [1.54, 1.807) is 47.4 Å². The molecule has 4 rings (SSSR count). The fourth-order valence-electron chi connectivity index (χ4n) is 3.80. The molecule has 0 fully saturated rings. The minimum Gasteiger partial charge on any atom is -0.326 e. The lowest BCUT2D eigenvalue weighted by molar-refractivity contribution is -0.115. The number of fused-ring (bicyclic) bond motifs is 1. The van der Waals surface area contributed by atoms with Gasteiger partial charge < -0.3 is 10.2 Å². The summed E-state index contributed by atoms with van der Waals surface area (Å²) in [5.74, 6) is -0.739. The number of carbonyl (C=O) groups is 2. The molecular weight excluding hydrogens is 424 g/mol. The highest BCUT2D eigenvalue weighted by Crippen LogP contribution is 2.31. The molecule has 0 saturated heterocycles. The van der Waals surface area contributed by atoms with Crippen molar-refractivity contribution in [2.45, 2.75) is 24.2 Å². The topological polar surface area (TPSA) is 83.6 Å². The third kappa shape index (κ3) is 4.89. The number of aryl methyl sites for hydroxylation is 1. The summed E-state index contributed by atoms with van der Waals surface area (Å²) in [6.45, 7) is 0.605. The first-order chi connectivity index (χ1) is 15.4. The average molecular weight is 449 g/mol. The molecule has 164 valence electrons. The lowest BCUT2D eigenvalue weighted by Gasteiger charge is -2.30. The van der Waals surface area contributed by atoms with Crippen LogP contribution in [0.1, 0.15) is 28.8 Å². The van der Waals surface area contributed by atoms with Crippen LogP contribution in [0.3, 0.4) is 0 Å². The lowest BCUT2D eigenvalue weighted by Crippen LogP contribution is -2.35. The Labute approximate surface area is 187 Å². The molecule has 3 aromatic rings. The van der Waals surface area contributed by atoms with E-state index in [0.29, 0.717) is 17.8 Å². The maximum Gasteiger partial charge on any atom is 0.258 e. The van der Waals surface area contributed by atoms with Crippen LogP contribution < -0.4 is 10.2 Å². The summed E-state index contributed by atoms with van der Waals surface area (Å²) in [4.78, 5) is 27.4. The molecule has 7 heteroatoms. The summed E-state index contributed by atoms with van der Waals surface area (Å²) in [5.41, 5.74) is 2.98. The van der Waals surface area contributed by atoms with Crippen molar-refractivity contribution in [1.82, 2.24) is 0 Å². The van der Waals surface area contributed by atoms with Crippen LogP contribution in [0.15, 0.2) is 83.8 Å². The van der Waals surface area contributed by atoms with E-state index in [0.717, 1.165) is 24.1 Å². The highest BCUT2D eigenvalue weighted by atomic mass is 32.2. The fraction of sp³-hybridized carbons (Fsp3) is 0.200. The fourth-order valence-corrected chi connectivity index (χ4v) is 5.06. The zero-order valence-electron chi connectivity index (χ0n) is 17.5.